The minimum absolute atomic E-state index is 0.137. The molecular formula is C17H24N2O. The van der Waals surface area contributed by atoms with Gasteiger partial charge in [0, 0.05) is 13.1 Å². The summed E-state index contributed by atoms with van der Waals surface area (Å²) in [7, 11) is 0. The zero-order chi connectivity index (χ0) is 14.0. The Morgan fingerprint density at radius 2 is 2.35 bits per heavy atom. The maximum atomic E-state index is 12.7. The topological polar surface area (TPSA) is 41.1 Å². The molecule has 20 heavy (non-hydrogen) atoms. The highest BCUT2D eigenvalue weighted by molar-refractivity contribution is 5.83. The summed E-state index contributed by atoms with van der Waals surface area (Å²) in [5.41, 5.74) is 2.29. The van der Waals surface area contributed by atoms with Crippen LogP contribution in [0.2, 0.25) is 0 Å². The Bertz CT molecular complexity index is 500. The molecule has 1 aromatic carbocycles. The van der Waals surface area contributed by atoms with Crippen molar-refractivity contribution in [2.75, 3.05) is 13.1 Å². The van der Waals surface area contributed by atoms with Crippen LogP contribution in [0.5, 0.6) is 0 Å². The molecule has 108 valence electrons. The second-order valence-corrected chi connectivity index (χ2v) is 6.40. The average molecular weight is 272 g/mol. The first-order valence-corrected chi connectivity index (χ1v) is 7.75. The van der Waals surface area contributed by atoms with Gasteiger partial charge in [0.1, 0.15) is 0 Å². The fourth-order valence-corrected chi connectivity index (χ4v) is 3.87. The Kier molecular flexibility index (Phi) is 3.79. The van der Waals surface area contributed by atoms with Crippen molar-refractivity contribution in [1.29, 1.82) is 0 Å². The van der Waals surface area contributed by atoms with Crippen molar-refractivity contribution < 1.29 is 4.79 Å². The molecule has 2 fully saturated rings. The van der Waals surface area contributed by atoms with Gasteiger partial charge in [-0.3, -0.25) is 4.79 Å². The van der Waals surface area contributed by atoms with E-state index in [-0.39, 0.29) is 11.3 Å². The summed E-state index contributed by atoms with van der Waals surface area (Å²) < 4.78 is 0. The molecule has 3 nitrogen and oxygen atoms in total. The number of benzene rings is 1. The van der Waals surface area contributed by atoms with Crippen molar-refractivity contribution in [2.45, 2.75) is 39.2 Å². The molecule has 3 heteroatoms. The van der Waals surface area contributed by atoms with Gasteiger partial charge in [-0.05, 0) is 37.8 Å². The van der Waals surface area contributed by atoms with Gasteiger partial charge in [0.2, 0.25) is 5.91 Å². The highest BCUT2D eigenvalue weighted by atomic mass is 16.2. The van der Waals surface area contributed by atoms with E-state index < -0.39 is 0 Å². The number of carbonyl (C=O) groups is 1. The van der Waals surface area contributed by atoms with Gasteiger partial charge in [0.05, 0.1) is 5.41 Å². The fourth-order valence-electron chi connectivity index (χ4n) is 3.87. The summed E-state index contributed by atoms with van der Waals surface area (Å²) in [6, 6.07) is 8.36. The van der Waals surface area contributed by atoms with Gasteiger partial charge in [-0.2, -0.15) is 0 Å². The van der Waals surface area contributed by atoms with Crippen LogP contribution >= 0.6 is 0 Å². The van der Waals surface area contributed by atoms with E-state index >= 15 is 0 Å². The number of hydrogen-bond acceptors (Lipinski definition) is 2. The van der Waals surface area contributed by atoms with Crippen LogP contribution in [-0.2, 0) is 11.3 Å². The summed E-state index contributed by atoms with van der Waals surface area (Å²) in [5.74, 6) is 0.794. The maximum absolute atomic E-state index is 12.7. The lowest BCUT2D eigenvalue weighted by Crippen LogP contribution is -2.47. The second kappa shape index (κ2) is 5.57. The van der Waals surface area contributed by atoms with Gasteiger partial charge in [0.15, 0.2) is 0 Å². The highest BCUT2D eigenvalue weighted by Crippen LogP contribution is 2.43. The van der Waals surface area contributed by atoms with E-state index in [9.17, 15) is 4.79 Å². The van der Waals surface area contributed by atoms with Gasteiger partial charge in [-0.1, -0.05) is 42.7 Å². The lowest BCUT2D eigenvalue weighted by atomic mass is 9.67. The number of nitrogens with one attached hydrogen (secondary N) is 2. The van der Waals surface area contributed by atoms with Crippen molar-refractivity contribution in [3.8, 4) is 0 Å². The van der Waals surface area contributed by atoms with Crippen LogP contribution in [-0.4, -0.2) is 19.0 Å². The van der Waals surface area contributed by atoms with E-state index in [1.54, 1.807) is 0 Å². The highest BCUT2D eigenvalue weighted by Gasteiger charge is 2.49. The van der Waals surface area contributed by atoms with Crippen molar-refractivity contribution in [3.05, 3.63) is 35.4 Å². The molecule has 1 saturated carbocycles. The Labute approximate surface area is 121 Å². The zero-order valence-electron chi connectivity index (χ0n) is 12.2. The summed E-state index contributed by atoms with van der Waals surface area (Å²) in [5, 5.41) is 6.61. The first-order valence-electron chi connectivity index (χ1n) is 7.75. The Balaban J connectivity index is 1.66. The second-order valence-electron chi connectivity index (χ2n) is 6.40. The van der Waals surface area contributed by atoms with E-state index in [0.29, 0.717) is 12.5 Å². The number of aryl methyl sites for hydroxylation is 1. The minimum Gasteiger partial charge on any atom is -0.351 e. The molecule has 1 heterocycles. The first-order chi connectivity index (χ1) is 9.71. The molecule has 1 aromatic rings. The molecule has 0 aromatic heterocycles. The lowest BCUT2D eigenvalue weighted by molar-refractivity contribution is -0.134. The smallest absolute Gasteiger partial charge is 0.228 e. The number of hydrogen-bond donors (Lipinski definition) is 2. The maximum Gasteiger partial charge on any atom is 0.228 e. The molecule has 2 atom stereocenters. The van der Waals surface area contributed by atoms with E-state index in [1.165, 1.54) is 30.4 Å². The van der Waals surface area contributed by atoms with E-state index in [0.717, 1.165) is 19.5 Å². The average Bonchev–Trinajstić information content (AvgIpc) is 2.90. The van der Waals surface area contributed by atoms with Crippen LogP contribution in [0.3, 0.4) is 0 Å². The van der Waals surface area contributed by atoms with Crippen LogP contribution in [0, 0.1) is 18.3 Å². The summed E-state index contributed by atoms with van der Waals surface area (Å²) in [4.78, 5) is 12.7. The quantitative estimate of drug-likeness (QED) is 0.887. The van der Waals surface area contributed by atoms with Crippen molar-refractivity contribution in [2.24, 2.45) is 11.3 Å². The molecule has 3 rings (SSSR count). The molecule has 0 bridgehead atoms. The van der Waals surface area contributed by atoms with Crippen LogP contribution in [0.1, 0.15) is 36.8 Å². The van der Waals surface area contributed by atoms with E-state index in [2.05, 4.69) is 41.8 Å². The Morgan fingerprint density at radius 1 is 1.45 bits per heavy atom. The third-order valence-electron chi connectivity index (χ3n) is 5.03. The predicted molar refractivity (Wildman–Crippen MR) is 80.3 cm³/mol. The van der Waals surface area contributed by atoms with Gasteiger partial charge < -0.3 is 10.6 Å². The summed E-state index contributed by atoms with van der Waals surface area (Å²) in [6.07, 6.45) is 4.71. The number of fused-ring (bicyclic) bond motifs is 1. The fraction of sp³-hybridized carbons (Fsp3) is 0.588. The number of amides is 1. The largest absolute Gasteiger partial charge is 0.351 e. The van der Waals surface area contributed by atoms with E-state index in [1.807, 2.05) is 0 Å². The first kappa shape index (κ1) is 13.6. The van der Waals surface area contributed by atoms with Crippen molar-refractivity contribution in [1.82, 2.24) is 10.6 Å². The van der Waals surface area contributed by atoms with Crippen LogP contribution in [0.15, 0.2) is 24.3 Å². The summed E-state index contributed by atoms with van der Waals surface area (Å²) >= 11 is 0. The van der Waals surface area contributed by atoms with Crippen molar-refractivity contribution >= 4 is 5.91 Å². The van der Waals surface area contributed by atoms with Crippen LogP contribution in [0.25, 0.3) is 0 Å². The lowest BCUT2D eigenvalue weighted by Gasteiger charge is -2.37. The Hall–Kier alpha value is -1.35. The van der Waals surface area contributed by atoms with Crippen molar-refractivity contribution in [3.63, 3.8) is 0 Å². The molecule has 2 N–H and O–H groups in total. The predicted octanol–water partition coefficient (Wildman–Crippen LogP) is 2.39. The molecule has 1 aliphatic heterocycles. The van der Waals surface area contributed by atoms with Gasteiger partial charge in [-0.25, -0.2) is 0 Å². The SMILES string of the molecule is Cc1cccc(CNC(=O)[C@@]23CCCC[C@H]2CNC3)c1. The normalized spacial score (nSPS) is 28.9. The van der Waals surface area contributed by atoms with E-state index in [4.69, 9.17) is 0 Å². The molecule has 2 aliphatic rings. The third-order valence-corrected chi connectivity index (χ3v) is 5.03. The van der Waals surface area contributed by atoms with Gasteiger partial charge >= 0.3 is 0 Å². The molecule has 0 radical (unpaired) electrons. The molecule has 0 unspecified atom stereocenters. The Morgan fingerprint density at radius 3 is 3.20 bits per heavy atom. The zero-order valence-corrected chi connectivity index (χ0v) is 12.2. The van der Waals surface area contributed by atoms with Crippen LogP contribution < -0.4 is 10.6 Å². The summed E-state index contributed by atoms with van der Waals surface area (Å²) in [6.45, 7) is 4.60. The monoisotopic (exact) mass is 272 g/mol. The molecule has 1 amide bonds. The number of rotatable bonds is 3. The minimum atomic E-state index is -0.137. The van der Waals surface area contributed by atoms with Gasteiger partial charge in [0.25, 0.3) is 0 Å². The van der Waals surface area contributed by atoms with Gasteiger partial charge in [-0.15, -0.1) is 0 Å². The third kappa shape index (κ3) is 2.47. The molecule has 1 aliphatic carbocycles. The van der Waals surface area contributed by atoms with Crippen LogP contribution in [0.4, 0.5) is 0 Å². The number of carbonyl (C=O) groups excluding carboxylic acids is 1. The molecule has 1 saturated heterocycles. The molecule has 0 spiro atoms. The standard InChI is InChI=1S/C17H24N2O/c1-13-5-4-6-14(9-13)10-19-16(20)17-8-3-2-7-15(17)11-18-12-17/h4-6,9,15,18H,2-3,7-8,10-12H2,1H3,(H,19,20)/t15-,17+/m0/s1. The molecular weight excluding hydrogens is 248 g/mol.